The Labute approximate surface area is 99.1 Å². The molecule has 0 saturated heterocycles. The molecule has 0 rings (SSSR count). The molecule has 0 aromatic heterocycles. The van der Waals surface area contributed by atoms with Crippen LogP contribution in [0.15, 0.2) is 0 Å². The van der Waals surface area contributed by atoms with E-state index in [0.29, 0.717) is 0 Å². The Bertz CT molecular complexity index is 110. The summed E-state index contributed by atoms with van der Waals surface area (Å²) >= 11 is 0. The Hall–Kier alpha value is 0.730. The fourth-order valence-corrected chi connectivity index (χ4v) is 0.371. The van der Waals surface area contributed by atoms with Crippen LogP contribution < -0.4 is 0 Å². The van der Waals surface area contributed by atoms with Crippen molar-refractivity contribution < 1.29 is 30.7 Å². The minimum absolute atomic E-state index is 0. The fraction of sp³-hybridized carbons (Fsp3) is 0.600. The molecule has 68 valence electrons. The minimum Gasteiger partial charge on any atom is -0.870 e. The second-order valence-electron chi connectivity index (χ2n) is 1.76. The van der Waals surface area contributed by atoms with E-state index in [0.717, 1.165) is 0 Å². The summed E-state index contributed by atoms with van der Waals surface area (Å²) < 4.78 is 0. The van der Waals surface area contributed by atoms with Crippen LogP contribution in [0.5, 0.6) is 0 Å². The normalized spacial score (nSPS) is 16.3. The van der Waals surface area contributed by atoms with E-state index in [-0.39, 0.29) is 56.1 Å². The Balaban J connectivity index is -0.000000405. The van der Waals surface area contributed by atoms with E-state index >= 15 is 0 Å². The van der Waals surface area contributed by atoms with Crippen LogP contribution in [-0.2, 0) is 4.79 Å². The molecular formula is C5H10CaO6. The topological polar surface area (TPSA) is 128 Å². The van der Waals surface area contributed by atoms with E-state index in [4.69, 9.17) is 20.4 Å². The molecule has 5 N–H and O–H groups in total. The molecule has 0 aliphatic heterocycles. The van der Waals surface area contributed by atoms with Gasteiger partial charge >= 0.3 is 37.7 Å². The number of hydrogen-bond acceptors (Lipinski definition) is 6. The Morgan fingerprint density at radius 3 is 1.92 bits per heavy atom. The average molecular weight is 206 g/mol. The van der Waals surface area contributed by atoms with Crippen molar-refractivity contribution in [1.82, 2.24) is 0 Å². The summed E-state index contributed by atoms with van der Waals surface area (Å²) in [6, 6.07) is 0. The third kappa shape index (κ3) is 6.27. The zero-order valence-corrected chi connectivity index (χ0v) is 8.45. The van der Waals surface area contributed by atoms with Gasteiger partial charge in [-0.25, -0.2) is 0 Å². The van der Waals surface area contributed by atoms with Crippen LogP contribution in [0.2, 0.25) is 0 Å². The predicted molar refractivity (Wildman–Crippen MR) is 38.0 cm³/mol. The number of carbonyl (C=O) groups is 1. The molecule has 0 aromatic carbocycles. The molecule has 0 fully saturated rings. The van der Waals surface area contributed by atoms with Crippen molar-refractivity contribution in [2.75, 3.05) is 0 Å². The summed E-state index contributed by atoms with van der Waals surface area (Å²) in [6.07, 6.45) is -4.86. The van der Waals surface area contributed by atoms with Crippen LogP contribution in [0.1, 0.15) is 0 Å². The monoisotopic (exact) mass is 206 g/mol. The Kier molecular flexibility index (Phi) is 15.1. The maximum absolute atomic E-state index is 9.75. The number of aliphatic hydroxyl groups is 4. The summed E-state index contributed by atoms with van der Waals surface area (Å²) in [4.78, 5) is 9.75. The second-order valence-corrected chi connectivity index (χ2v) is 1.76. The van der Waals surface area contributed by atoms with E-state index in [9.17, 15) is 4.79 Å². The zero-order chi connectivity index (χ0) is 8.15. The van der Waals surface area contributed by atoms with Crippen LogP contribution in [0.25, 0.3) is 0 Å². The molecule has 6 nitrogen and oxygen atoms in total. The van der Waals surface area contributed by atoms with Crippen molar-refractivity contribution in [3.8, 4) is 0 Å². The minimum atomic E-state index is -1.67. The SMILES string of the molecule is O=C[C@H](O)[C@@H](O)[C@@H](O)[CH-]O.[Ca+2].[OH-]. The third-order valence-electron chi connectivity index (χ3n) is 0.992. The Morgan fingerprint density at radius 2 is 1.67 bits per heavy atom. The molecular weight excluding hydrogens is 196 g/mol. The summed E-state index contributed by atoms with van der Waals surface area (Å²) in [5.74, 6) is 0. The van der Waals surface area contributed by atoms with Gasteiger partial charge in [0.2, 0.25) is 0 Å². The van der Waals surface area contributed by atoms with Crippen molar-refractivity contribution in [3.63, 3.8) is 0 Å². The van der Waals surface area contributed by atoms with Gasteiger partial charge in [0, 0.05) is 0 Å². The summed E-state index contributed by atoms with van der Waals surface area (Å²) in [7, 11) is 0. The molecule has 3 atom stereocenters. The van der Waals surface area contributed by atoms with Crippen molar-refractivity contribution in [1.29, 1.82) is 0 Å². The van der Waals surface area contributed by atoms with Gasteiger partial charge in [-0.15, -0.1) is 0 Å². The molecule has 12 heavy (non-hydrogen) atoms. The van der Waals surface area contributed by atoms with E-state index < -0.39 is 18.3 Å². The average Bonchev–Trinajstić information content (AvgIpc) is 2.00. The van der Waals surface area contributed by atoms with Crippen LogP contribution in [0, 0.1) is 6.61 Å². The van der Waals surface area contributed by atoms with Gasteiger partial charge in [-0.1, -0.05) is 0 Å². The molecule has 0 heterocycles. The van der Waals surface area contributed by atoms with Crippen LogP contribution in [0.4, 0.5) is 0 Å². The molecule has 0 radical (unpaired) electrons. The van der Waals surface area contributed by atoms with E-state index in [1.807, 2.05) is 0 Å². The van der Waals surface area contributed by atoms with Crippen molar-refractivity contribution in [2.24, 2.45) is 0 Å². The van der Waals surface area contributed by atoms with E-state index in [2.05, 4.69) is 0 Å². The first-order valence-electron chi connectivity index (χ1n) is 2.60. The van der Waals surface area contributed by atoms with Crippen molar-refractivity contribution in [2.45, 2.75) is 18.3 Å². The molecule has 0 aliphatic carbocycles. The molecule has 0 unspecified atom stereocenters. The molecule has 7 heteroatoms. The first kappa shape index (κ1) is 18.5. The predicted octanol–water partition coefficient (Wildman–Crippen LogP) is -2.76. The van der Waals surface area contributed by atoms with Gasteiger partial charge in [0.05, 0.1) is 6.10 Å². The Morgan fingerprint density at radius 1 is 1.25 bits per heavy atom. The van der Waals surface area contributed by atoms with Crippen molar-refractivity contribution >= 4 is 44.0 Å². The largest absolute Gasteiger partial charge is 2.00 e. The van der Waals surface area contributed by atoms with Gasteiger partial charge in [0.1, 0.15) is 6.10 Å². The molecule has 0 bridgehead atoms. The number of aldehydes is 1. The summed E-state index contributed by atoms with van der Waals surface area (Å²) in [6.45, 7) is 0.289. The summed E-state index contributed by atoms with van der Waals surface area (Å²) in [5, 5.41) is 33.8. The van der Waals surface area contributed by atoms with Gasteiger partial charge < -0.3 is 30.7 Å². The van der Waals surface area contributed by atoms with Gasteiger partial charge in [-0.3, -0.25) is 0 Å². The number of aliphatic hydroxyl groups excluding tert-OH is 4. The first-order valence-corrected chi connectivity index (χ1v) is 2.60. The quantitative estimate of drug-likeness (QED) is 0.224. The second kappa shape index (κ2) is 9.81. The zero-order valence-electron chi connectivity index (χ0n) is 6.24. The van der Waals surface area contributed by atoms with Gasteiger partial charge in [0.25, 0.3) is 0 Å². The van der Waals surface area contributed by atoms with E-state index in [1.54, 1.807) is 0 Å². The fourth-order valence-electron chi connectivity index (χ4n) is 0.371. The number of rotatable bonds is 4. The smallest absolute Gasteiger partial charge is 0.870 e. The first-order chi connectivity index (χ1) is 4.63. The molecule has 0 spiro atoms. The molecule has 0 aromatic rings. The number of hydrogen-bond donors (Lipinski definition) is 4. The van der Waals surface area contributed by atoms with Gasteiger partial charge in [0.15, 0.2) is 6.29 Å². The molecule has 0 saturated carbocycles. The number of carbonyl (C=O) groups excluding carboxylic acids is 1. The van der Waals surface area contributed by atoms with Gasteiger partial charge in [-0.05, 0) is 6.10 Å². The third-order valence-corrected chi connectivity index (χ3v) is 0.992. The molecule has 0 aliphatic rings. The van der Waals surface area contributed by atoms with Crippen LogP contribution in [0.3, 0.4) is 0 Å². The van der Waals surface area contributed by atoms with E-state index in [1.165, 1.54) is 0 Å². The maximum atomic E-state index is 9.75. The van der Waals surface area contributed by atoms with Crippen molar-refractivity contribution in [3.05, 3.63) is 6.61 Å². The van der Waals surface area contributed by atoms with Gasteiger partial charge in [-0.2, -0.15) is 6.61 Å². The maximum Gasteiger partial charge on any atom is 2.00 e. The van der Waals surface area contributed by atoms with Crippen LogP contribution >= 0.6 is 0 Å². The molecule has 0 amide bonds. The van der Waals surface area contributed by atoms with Crippen LogP contribution in [-0.4, -0.2) is 88.2 Å². The standard InChI is InChI=1S/C5H9O5.Ca.H2O/c6-1-3(8)5(10)4(9)2-7;;/h1-6,8-10H;;1H2/q-1;+2;/p-1/t3-,4-,5-;;/m0../s1. The summed E-state index contributed by atoms with van der Waals surface area (Å²) in [5.41, 5.74) is 0.